The number of nitrogens with zero attached hydrogens (tertiary/aromatic N) is 2. The Morgan fingerprint density at radius 3 is 2.45 bits per heavy atom. The summed E-state index contributed by atoms with van der Waals surface area (Å²) >= 11 is 0.954. The number of hydrogen-bond donors (Lipinski definition) is 0. The van der Waals surface area contributed by atoms with Crippen LogP contribution in [-0.4, -0.2) is 28.1 Å². The van der Waals surface area contributed by atoms with Crippen LogP contribution in [0.3, 0.4) is 0 Å². The Kier molecular flexibility index (Phi) is 6.23. The highest BCUT2D eigenvalue weighted by atomic mass is 32.2. The maximum Gasteiger partial charge on any atom is 0.293 e. The summed E-state index contributed by atoms with van der Waals surface area (Å²) in [6.45, 7) is 11.9. The number of rotatable bonds is 5. The number of imide groups is 1. The predicted octanol–water partition coefficient (Wildman–Crippen LogP) is 6.78. The molecule has 0 atom stereocenters. The van der Waals surface area contributed by atoms with Crippen molar-refractivity contribution < 1.29 is 14.0 Å². The maximum atomic E-state index is 13.2. The normalized spacial score (nSPS) is 18.7. The van der Waals surface area contributed by atoms with E-state index in [1.165, 1.54) is 28.3 Å². The topological polar surface area (TPSA) is 40.6 Å². The number of anilines is 1. The van der Waals surface area contributed by atoms with Crippen LogP contribution >= 0.6 is 11.8 Å². The number of benzene rings is 2. The standard InChI is InChI=1S/C27H29FN2O2S/c1-6-11-30-23-12-17(2)20(13-22(23)18(3)15-27(30,4)5)14-24-25(31)29(26(32)33-24)16-19-7-9-21(28)10-8-19/h7-10,12-15H,6,11,16H2,1-5H3/b24-14+. The van der Waals surface area contributed by atoms with E-state index in [1.54, 1.807) is 12.1 Å². The fourth-order valence-electron chi connectivity index (χ4n) is 4.58. The van der Waals surface area contributed by atoms with E-state index in [-0.39, 0.29) is 29.0 Å². The van der Waals surface area contributed by atoms with Crippen molar-refractivity contribution in [3.8, 4) is 0 Å². The van der Waals surface area contributed by atoms with Crippen molar-refractivity contribution in [2.75, 3.05) is 11.4 Å². The van der Waals surface area contributed by atoms with Gasteiger partial charge in [-0.1, -0.05) is 25.1 Å². The molecule has 0 spiro atoms. The van der Waals surface area contributed by atoms with Crippen LogP contribution < -0.4 is 4.90 Å². The van der Waals surface area contributed by atoms with E-state index in [0.717, 1.165) is 41.4 Å². The van der Waals surface area contributed by atoms with Gasteiger partial charge in [0.05, 0.1) is 17.0 Å². The molecule has 1 saturated heterocycles. The van der Waals surface area contributed by atoms with Gasteiger partial charge in [0, 0.05) is 17.8 Å². The average molecular weight is 465 g/mol. The molecule has 1 fully saturated rings. The molecule has 0 aliphatic carbocycles. The molecule has 4 nitrogen and oxygen atoms in total. The van der Waals surface area contributed by atoms with Crippen molar-refractivity contribution >= 4 is 40.2 Å². The summed E-state index contributed by atoms with van der Waals surface area (Å²) < 4.78 is 13.2. The van der Waals surface area contributed by atoms with Crippen molar-refractivity contribution in [2.45, 2.75) is 53.1 Å². The largest absolute Gasteiger partial charge is 0.362 e. The Labute approximate surface area is 199 Å². The zero-order valence-electron chi connectivity index (χ0n) is 19.7. The summed E-state index contributed by atoms with van der Waals surface area (Å²) in [6, 6.07) is 10.2. The molecule has 0 N–H and O–H groups in total. The van der Waals surface area contributed by atoms with E-state index in [4.69, 9.17) is 0 Å². The third kappa shape index (κ3) is 4.49. The third-order valence-electron chi connectivity index (χ3n) is 6.23. The number of thioether (sulfide) groups is 1. The van der Waals surface area contributed by atoms with Crippen molar-refractivity contribution in [3.63, 3.8) is 0 Å². The second-order valence-corrected chi connectivity index (χ2v) is 10.2. The maximum absolute atomic E-state index is 13.2. The Hall–Kier alpha value is -2.86. The van der Waals surface area contributed by atoms with Crippen LogP contribution in [0.1, 0.15) is 56.4 Å². The lowest BCUT2D eigenvalue weighted by Gasteiger charge is -2.43. The SMILES string of the molecule is CCCN1c2cc(C)c(/C=C3/SC(=O)N(Cc4ccc(F)cc4)C3=O)cc2C(C)=CC1(C)C. The molecule has 2 heterocycles. The Morgan fingerprint density at radius 1 is 1.09 bits per heavy atom. The molecule has 0 bridgehead atoms. The minimum absolute atomic E-state index is 0.0654. The summed E-state index contributed by atoms with van der Waals surface area (Å²) in [6.07, 6.45) is 5.17. The van der Waals surface area contributed by atoms with Gasteiger partial charge in [-0.05, 0) is 98.5 Å². The highest BCUT2D eigenvalue weighted by molar-refractivity contribution is 8.18. The van der Waals surface area contributed by atoms with Gasteiger partial charge in [0.15, 0.2) is 0 Å². The van der Waals surface area contributed by atoms with Crippen molar-refractivity contribution in [1.29, 1.82) is 0 Å². The number of carbonyl (C=O) groups is 2. The summed E-state index contributed by atoms with van der Waals surface area (Å²) in [7, 11) is 0. The molecule has 2 amide bonds. The molecule has 0 aromatic heterocycles. The highest BCUT2D eigenvalue weighted by Gasteiger charge is 2.35. The summed E-state index contributed by atoms with van der Waals surface area (Å²) in [4.78, 5) is 29.6. The van der Waals surface area contributed by atoms with Crippen LogP contribution in [0.2, 0.25) is 0 Å². The van der Waals surface area contributed by atoms with Crippen LogP contribution in [0.5, 0.6) is 0 Å². The number of aryl methyl sites for hydroxylation is 1. The zero-order chi connectivity index (χ0) is 23.9. The molecule has 6 heteroatoms. The summed E-state index contributed by atoms with van der Waals surface area (Å²) in [5.74, 6) is -0.659. The van der Waals surface area contributed by atoms with Gasteiger partial charge in [0.1, 0.15) is 5.82 Å². The van der Waals surface area contributed by atoms with Crippen LogP contribution in [0.15, 0.2) is 47.4 Å². The van der Waals surface area contributed by atoms with Gasteiger partial charge in [0.25, 0.3) is 11.1 Å². The third-order valence-corrected chi connectivity index (χ3v) is 7.13. The molecule has 4 rings (SSSR count). The number of halogens is 1. The molecular formula is C27H29FN2O2S. The molecule has 2 aromatic carbocycles. The molecule has 2 aromatic rings. The van der Waals surface area contributed by atoms with E-state index >= 15 is 0 Å². The Morgan fingerprint density at radius 2 is 1.79 bits per heavy atom. The summed E-state index contributed by atoms with van der Waals surface area (Å²) in [5.41, 5.74) is 6.22. The molecule has 172 valence electrons. The van der Waals surface area contributed by atoms with Gasteiger partial charge < -0.3 is 4.90 Å². The number of hydrogen-bond acceptors (Lipinski definition) is 4. The fourth-order valence-corrected chi connectivity index (χ4v) is 5.41. The number of allylic oxidation sites excluding steroid dienone is 1. The van der Waals surface area contributed by atoms with E-state index in [9.17, 15) is 14.0 Å². The lowest BCUT2D eigenvalue weighted by Crippen LogP contribution is -2.45. The minimum atomic E-state index is -0.346. The molecule has 0 saturated carbocycles. The average Bonchev–Trinajstić information content (AvgIpc) is 3.00. The Balaban J connectivity index is 1.66. The quantitative estimate of drug-likeness (QED) is 0.457. The van der Waals surface area contributed by atoms with Gasteiger partial charge in [-0.2, -0.15) is 0 Å². The highest BCUT2D eigenvalue weighted by Crippen LogP contribution is 2.41. The lowest BCUT2D eigenvalue weighted by molar-refractivity contribution is -0.123. The second kappa shape index (κ2) is 8.82. The van der Waals surface area contributed by atoms with Gasteiger partial charge in [-0.15, -0.1) is 0 Å². The molecule has 2 aliphatic heterocycles. The fraction of sp³-hybridized carbons (Fsp3) is 0.333. The number of carbonyl (C=O) groups excluding carboxylic acids is 2. The molecule has 0 radical (unpaired) electrons. The molecule has 2 aliphatic rings. The number of amides is 2. The van der Waals surface area contributed by atoms with Gasteiger partial charge in [-0.3, -0.25) is 14.5 Å². The van der Waals surface area contributed by atoms with Gasteiger partial charge in [-0.25, -0.2) is 4.39 Å². The van der Waals surface area contributed by atoms with Gasteiger partial charge >= 0.3 is 0 Å². The first-order valence-electron chi connectivity index (χ1n) is 11.2. The van der Waals surface area contributed by atoms with Crippen molar-refractivity contribution in [1.82, 2.24) is 4.90 Å². The minimum Gasteiger partial charge on any atom is -0.362 e. The molecule has 33 heavy (non-hydrogen) atoms. The van der Waals surface area contributed by atoms with E-state index in [1.807, 2.05) is 13.0 Å². The molecule has 0 unspecified atom stereocenters. The van der Waals surface area contributed by atoms with Crippen LogP contribution in [0.25, 0.3) is 11.6 Å². The Bertz CT molecular complexity index is 1180. The smallest absolute Gasteiger partial charge is 0.293 e. The monoisotopic (exact) mass is 464 g/mol. The lowest BCUT2D eigenvalue weighted by atomic mass is 9.86. The van der Waals surface area contributed by atoms with E-state index in [0.29, 0.717) is 10.5 Å². The van der Waals surface area contributed by atoms with Crippen molar-refractivity contribution in [2.24, 2.45) is 0 Å². The summed E-state index contributed by atoms with van der Waals surface area (Å²) in [5, 5.41) is -0.307. The first kappa shape index (κ1) is 23.3. The van der Waals surface area contributed by atoms with Crippen molar-refractivity contribution in [3.05, 3.63) is 75.5 Å². The molecular weight excluding hydrogens is 435 g/mol. The van der Waals surface area contributed by atoms with Crippen LogP contribution in [-0.2, 0) is 11.3 Å². The zero-order valence-corrected chi connectivity index (χ0v) is 20.6. The van der Waals surface area contributed by atoms with Crippen LogP contribution in [0, 0.1) is 12.7 Å². The number of fused-ring (bicyclic) bond motifs is 1. The van der Waals surface area contributed by atoms with Crippen LogP contribution in [0.4, 0.5) is 14.9 Å². The first-order chi connectivity index (χ1) is 15.6. The van der Waals surface area contributed by atoms with E-state index in [2.05, 4.69) is 50.8 Å². The van der Waals surface area contributed by atoms with E-state index < -0.39 is 0 Å². The first-order valence-corrected chi connectivity index (χ1v) is 12.0. The predicted molar refractivity (Wildman–Crippen MR) is 134 cm³/mol. The van der Waals surface area contributed by atoms with Gasteiger partial charge in [0.2, 0.25) is 0 Å². The second-order valence-electron chi connectivity index (χ2n) is 9.25.